The minimum absolute atomic E-state index is 0.0360. The minimum atomic E-state index is -0.414. The maximum atomic E-state index is 12.8. The number of hydrogen-bond donors (Lipinski definition) is 1. The lowest BCUT2D eigenvalue weighted by Gasteiger charge is -2.32. The molecule has 2 aromatic rings. The number of amides is 2. The zero-order valence-electron chi connectivity index (χ0n) is 18.2. The number of likely N-dealkylation sites (tertiary alicyclic amines) is 1. The van der Waals surface area contributed by atoms with E-state index in [1.54, 1.807) is 29.2 Å². The molecule has 32 heavy (non-hydrogen) atoms. The second kappa shape index (κ2) is 9.42. The van der Waals surface area contributed by atoms with Crippen LogP contribution in [0.4, 0.5) is 11.4 Å². The first-order valence-electron chi connectivity index (χ1n) is 11.1. The van der Waals surface area contributed by atoms with Crippen LogP contribution in [-0.2, 0) is 0 Å². The van der Waals surface area contributed by atoms with Crippen LogP contribution in [0.2, 0.25) is 0 Å². The highest BCUT2D eigenvalue weighted by Crippen LogP contribution is 2.32. The van der Waals surface area contributed by atoms with Gasteiger partial charge in [0.2, 0.25) is 0 Å². The van der Waals surface area contributed by atoms with Gasteiger partial charge in [0.1, 0.15) is 5.69 Å². The summed E-state index contributed by atoms with van der Waals surface area (Å²) in [4.78, 5) is 40.2. The number of nitro benzene ring substituents is 1. The number of furan rings is 1. The molecule has 3 heterocycles. The van der Waals surface area contributed by atoms with E-state index in [2.05, 4.69) is 12.2 Å². The number of nitrogens with zero attached hydrogens (tertiary/aromatic N) is 3. The van der Waals surface area contributed by atoms with Gasteiger partial charge in [-0.3, -0.25) is 19.7 Å². The molecule has 2 fully saturated rings. The molecular weight excluding hydrogens is 412 g/mol. The molecule has 1 aromatic heterocycles. The molecule has 0 radical (unpaired) electrons. The molecule has 1 aromatic carbocycles. The van der Waals surface area contributed by atoms with Crippen molar-refractivity contribution in [1.82, 2.24) is 10.2 Å². The summed E-state index contributed by atoms with van der Waals surface area (Å²) in [6.45, 7) is 4.77. The summed E-state index contributed by atoms with van der Waals surface area (Å²) in [5.41, 5.74) is 0.814. The van der Waals surface area contributed by atoms with Crippen LogP contribution in [-0.4, -0.2) is 53.9 Å². The molecule has 2 saturated heterocycles. The van der Waals surface area contributed by atoms with Gasteiger partial charge < -0.3 is 19.5 Å². The van der Waals surface area contributed by atoms with E-state index in [0.717, 1.165) is 25.9 Å². The molecule has 9 heteroatoms. The third-order valence-corrected chi connectivity index (χ3v) is 6.41. The molecule has 4 rings (SSSR count). The standard InChI is InChI=1S/C23H28N4O5/c1-16-6-10-25(11-7-16)19-5-4-17(15-20(19)27(30)31)22(28)24-18-8-12-26(13-9-18)23(29)21-3-2-14-32-21/h2-5,14-16,18H,6-13H2,1H3,(H,24,28). The van der Waals surface area contributed by atoms with Gasteiger partial charge >= 0.3 is 0 Å². The Morgan fingerprint density at radius 1 is 1.09 bits per heavy atom. The first-order chi connectivity index (χ1) is 15.4. The number of benzene rings is 1. The number of nitrogens with one attached hydrogen (secondary N) is 1. The van der Waals surface area contributed by atoms with E-state index in [1.165, 1.54) is 12.3 Å². The lowest BCUT2D eigenvalue weighted by atomic mass is 9.98. The summed E-state index contributed by atoms with van der Waals surface area (Å²) in [6.07, 6.45) is 4.70. The number of piperidine rings is 2. The predicted octanol–water partition coefficient (Wildman–Crippen LogP) is 3.46. The van der Waals surface area contributed by atoms with Gasteiger partial charge in [-0.25, -0.2) is 0 Å². The topological polar surface area (TPSA) is 109 Å². The number of carbonyl (C=O) groups is 2. The van der Waals surface area contributed by atoms with E-state index < -0.39 is 4.92 Å². The van der Waals surface area contributed by atoms with Gasteiger partial charge in [0.25, 0.3) is 17.5 Å². The number of anilines is 1. The molecule has 0 atom stereocenters. The molecule has 0 saturated carbocycles. The van der Waals surface area contributed by atoms with Crippen molar-refractivity contribution in [2.45, 2.75) is 38.6 Å². The number of carbonyl (C=O) groups excluding carboxylic acids is 2. The highest BCUT2D eigenvalue weighted by Gasteiger charge is 2.28. The molecule has 0 unspecified atom stereocenters. The average molecular weight is 441 g/mol. The summed E-state index contributed by atoms with van der Waals surface area (Å²) in [5.74, 6) is 0.444. The normalized spacial score (nSPS) is 17.9. The number of nitro groups is 1. The Morgan fingerprint density at radius 3 is 2.44 bits per heavy atom. The largest absolute Gasteiger partial charge is 0.459 e. The Hall–Kier alpha value is -3.36. The summed E-state index contributed by atoms with van der Waals surface area (Å²) in [5, 5.41) is 14.7. The van der Waals surface area contributed by atoms with Crippen molar-refractivity contribution in [3.8, 4) is 0 Å². The van der Waals surface area contributed by atoms with Crippen LogP contribution >= 0.6 is 0 Å². The zero-order chi connectivity index (χ0) is 22.7. The van der Waals surface area contributed by atoms with Gasteiger partial charge in [-0.2, -0.15) is 0 Å². The van der Waals surface area contributed by atoms with Crippen molar-refractivity contribution in [2.75, 3.05) is 31.1 Å². The summed E-state index contributed by atoms with van der Waals surface area (Å²) in [6, 6.07) is 7.94. The van der Waals surface area contributed by atoms with Crippen molar-refractivity contribution in [1.29, 1.82) is 0 Å². The molecule has 2 aliphatic heterocycles. The van der Waals surface area contributed by atoms with Gasteiger partial charge in [0.05, 0.1) is 11.2 Å². The van der Waals surface area contributed by atoms with E-state index in [0.29, 0.717) is 43.3 Å². The Bertz CT molecular complexity index is 974. The second-order valence-corrected chi connectivity index (χ2v) is 8.65. The van der Waals surface area contributed by atoms with E-state index >= 15 is 0 Å². The van der Waals surface area contributed by atoms with Crippen molar-refractivity contribution in [2.24, 2.45) is 5.92 Å². The molecule has 0 bridgehead atoms. The van der Waals surface area contributed by atoms with Gasteiger partial charge in [0.15, 0.2) is 5.76 Å². The van der Waals surface area contributed by atoms with Crippen molar-refractivity contribution >= 4 is 23.2 Å². The number of rotatable bonds is 5. The van der Waals surface area contributed by atoms with Gasteiger partial charge in [0, 0.05) is 43.9 Å². The van der Waals surface area contributed by atoms with Crippen molar-refractivity contribution in [3.05, 3.63) is 58.0 Å². The molecule has 9 nitrogen and oxygen atoms in total. The summed E-state index contributed by atoms with van der Waals surface area (Å²) >= 11 is 0. The van der Waals surface area contributed by atoms with Crippen LogP contribution in [0.25, 0.3) is 0 Å². The maximum Gasteiger partial charge on any atom is 0.293 e. The molecule has 1 N–H and O–H groups in total. The van der Waals surface area contributed by atoms with Crippen LogP contribution in [0.15, 0.2) is 41.0 Å². The summed E-state index contributed by atoms with van der Waals surface area (Å²) in [7, 11) is 0. The third-order valence-electron chi connectivity index (χ3n) is 6.41. The molecule has 2 amide bonds. The quantitative estimate of drug-likeness (QED) is 0.563. The first kappa shape index (κ1) is 21.9. The fourth-order valence-electron chi connectivity index (χ4n) is 4.38. The third kappa shape index (κ3) is 4.76. The molecule has 2 aliphatic rings. The Balaban J connectivity index is 1.38. The zero-order valence-corrected chi connectivity index (χ0v) is 18.2. The Morgan fingerprint density at radius 2 is 1.81 bits per heavy atom. The second-order valence-electron chi connectivity index (χ2n) is 8.65. The SMILES string of the molecule is CC1CCN(c2ccc(C(=O)NC3CCN(C(=O)c4ccco4)CC3)cc2[N+](=O)[O-])CC1. The van der Waals surface area contributed by atoms with E-state index in [1.807, 2.05) is 4.90 Å². The summed E-state index contributed by atoms with van der Waals surface area (Å²) < 4.78 is 5.17. The van der Waals surface area contributed by atoms with Crippen LogP contribution in [0.3, 0.4) is 0 Å². The lowest BCUT2D eigenvalue weighted by molar-refractivity contribution is -0.384. The smallest absolute Gasteiger partial charge is 0.293 e. The Labute approximate surface area is 186 Å². The van der Waals surface area contributed by atoms with Gasteiger partial charge in [-0.15, -0.1) is 0 Å². The van der Waals surface area contributed by atoms with Crippen LogP contribution in [0.1, 0.15) is 53.5 Å². The minimum Gasteiger partial charge on any atom is -0.459 e. The van der Waals surface area contributed by atoms with E-state index in [4.69, 9.17) is 4.42 Å². The van der Waals surface area contributed by atoms with Crippen LogP contribution in [0, 0.1) is 16.0 Å². The van der Waals surface area contributed by atoms with Gasteiger partial charge in [-0.05, 0) is 55.9 Å². The monoisotopic (exact) mass is 440 g/mol. The maximum absolute atomic E-state index is 12.8. The molecule has 170 valence electrons. The highest BCUT2D eigenvalue weighted by atomic mass is 16.6. The molecule has 0 spiro atoms. The Kier molecular flexibility index (Phi) is 6.43. The van der Waals surface area contributed by atoms with Crippen LogP contribution in [0.5, 0.6) is 0 Å². The lowest BCUT2D eigenvalue weighted by Crippen LogP contribution is -2.46. The van der Waals surface area contributed by atoms with Gasteiger partial charge in [-0.1, -0.05) is 6.92 Å². The van der Waals surface area contributed by atoms with Crippen molar-refractivity contribution < 1.29 is 18.9 Å². The molecule has 0 aliphatic carbocycles. The van der Waals surface area contributed by atoms with E-state index in [-0.39, 0.29) is 29.1 Å². The predicted molar refractivity (Wildman–Crippen MR) is 119 cm³/mol. The van der Waals surface area contributed by atoms with Crippen molar-refractivity contribution in [3.63, 3.8) is 0 Å². The van der Waals surface area contributed by atoms with Crippen LogP contribution < -0.4 is 10.2 Å². The fourth-order valence-corrected chi connectivity index (χ4v) is 4.38. The fraction of sp³-hybridized carbons (Fsp3) is 0.478. The number of hydrogen-bond acceptors (Lipinski definition) is 6. The highest BCUT2D eigenvalue weighted by molar-refractivity contribution is 5.96. The molecular formula is C23H28N4O5. The van der Waals surface area contributed by atoms with E-state index in [9.17, 15) is 19.7 Å². The average Bonchev–Trinajstić information content (AvgIpc) is 3.34. The first-order valence-corrected chi connectivity index (χ1v) is 11.1.